The van der Waals surface area contributed by atoms with Crippen LogP contribution < -0.4 is 10.6 Å². The Hall–Kier alpha value is -2.63. The smallest absolute Gasteiger partial charge is 0.328 e. The molecule has 2 amide bonds. The first-order valence-electron chi connectivity index (χ1n) is 8.28. The van der Waals surface area contributed by atoms with Crippen molar-refractivity contribution in [3.63, 3.8) is 0 Å². The maximum absolute atomic E-state index is 12.6. The number of rotatable bonds is 10. The third-order valence-electron chi connectivity index (χ3n) is 3.68. The molecular weight excluding hydrogens is 320 g/mol. The summed E-state index contributed by atoms with van der Waals surface area (Å²) in [5.74, 6) is -1.22. The summed E-state index contributed by atoms with van der Waals surface area (Å²) < 4.78 is 4.76. The van der Waals surface area contributed by atoms with Gasteiger partial charge in [0.15, 0.2) is 0 Å². The Kier molecular flexibility index (Phi) is 9.00. The summed E-state index contributed by atoms with van der Waals surface area (Å²) in [5, 5.41) is 5.33. The Balaban J connectivity index is 2.80. The van der Waals surface area contributed by atoms with Crippen LogP contribution in [0, 0.1) is 0 Å². The number of allylic oxidation sites excluding steroid dienone is 1. The van der Waals surface area contributed by atoms with Crippen LogP contribution in [0.4, 0.5) is 0 Å². The number of carbonyl (C=O) groups excluding carboxylic acids is 3. The van der Waals surface area contributed by atoms with Crippen LogP contribution in [0.5, 0.6) is 0 Å². The quantitative estimate of drug-likeness (QED) is 0.384. The van der Waals surface area contributed by atoms with E-state index < -0.39 is 24.0 Å². The Labute approximate surface area is 148 Å². The normalized spacial score (nSPS) is 12.6. The van der Waals surface area contributed by atoms with Gasteiger partial charge in [-0.15, -0.1) is 6.58 Å². The average Bonchev–Trinajstić information content (AvgIpc) is 2.60. The van der Waals surface area contributed by atoms with Crippen molar-refractivity contribution < 1.29 is 19.1 Å². The van der Waals surface area contributed by atoms with Gasteiger partial charge < -0.3 is 15.4 Å². The van der Waals surface area contributed by atoms with Crippen LogP contribution in [-0.2, 0) is 25.5 Å². The molecule has 0 aliphatic carbocycles. The SMILES string of the molecule is C=CCCC[C@H](NC(=O)[C@@H](Cc1ccccc1)NC(C)=O)C(=O)OC. The standard InChI is InChI=1S/C19H26N2O4/c1-4-5-7-12-16(19(24)25-3)21-18(23)17(20-14(2)22)13-15-10-8-6-9-11-15/h4,6,8-11,16-17H,1,5,7,12-13H2,2-3H3,(H,20,22)(H,21,23)/t16-,17+/m0/s1. The minimum atomic E-state index is -0.758. The molecule has 0 saturated carbocycles. The van der Waals surface area contributed by atoms with Gasteiger partial charge in [-0.2, -0.15) is 0 Å². The molecule has 0 bridgehead atoms. The molecule has 0 unspecified atom stereocenters. The van der Waals surface area contributed by atoms with Crippen molar-refractivity contribution in [2.45, 2.75) is 44.7 Å². The summed E-state index contributed by atoms with van der Waals surface area (Å²) in [7, 11) is 1.28. The third kappa shape index (κ3) is 7.65. The van der Waals surface area contributed by atoms with Gasteiger partial charge in [-0.1, -0.05) is 36.4 Å². The fourth-order valence-electron chi connectivity index (χ4n) is 2.43. The highest BCUT2D eigenvalue weighted by Gasteiger charge is 2.26. The summed E-state index contributed by atoms with van der Waals surface area (Å²) in [6.07, 6.45) is 3.98. The van der Waals surface area contributed by atoms with Gasteiger partial charge >= 0.3 is 5.97 Å². The van der Waals surface area contributed by atoms with Gasteiger partial charge in [0, 0.05) is 13.3 Å². The second-order valence-corrected chi connectivity index (χ2v) is 5.75. The van der Waals surface area contributed by atoms with Gasteiger partial charge in [-0.05, 0) is 24.8 Å². The number of carbonyl (C=O) groups is 3. The van der Waals surface area contributed by atoms with E-state index in [0.29, 0.717) is 19.3 Å². The summed E-state index contributed by atoms with van der Waals surface area (Å²) in [4.78, 5) is 35.9. The molecule has 136 valence electrons. The van der Waals surface area contributed by atoms with Gasteiger partial charge in [0.2, 0.25) is 11.8 Å². The molecule has 0 fully saturated rings. The van der Waals surface area contributed by atoms with Crippen molar-refractivity contribution in [3.8, 4) is 0 Å². The van der Waals surface area contributed by atoms with E-state index in [9.17, 15) is 14.4 Å². The molecule has 0 spiro atoms. The van der Waals surface area contributed by atoms with E-state index in [1.165, 1.54) is 14.0 Å². The number of methoxy groups -OCH3 is 1. The summed E-state index contributed by atoms with van der Waals surface area (Å²) in [6, 6.07) is 7.86. The fourth-order valence-corrected chi connectivity index (χ4v) is 2.43. The predicted molar refractivity (Wildman–Crippen MR) is 95.7 cm³/mol. The first-order chi connectivity index (χ1) is 12.0. The van der Waals surface area contributed by atoms with Gasteiger partial charge in [0.25, 0.3) is 0 Å². The van der Waals surface area contributed by atoms with Gasteiger partial charge in [-0.3, -0.25) is 9.59 Å². The highest BCUT2D eigenvalue weighted by atomic mass is 16.5. The van der Waals surface area contributed by atoms with E-state index in [1.54, 1.807) is 6.08 Å². The molecule has 6 nitrogen and oxygen atoms in total. The lowest BCUT2D eigenvalue weighted by Crippen LogP contribution is -2.52. The van der Waals surface area contributed by atoms with E-state index in [0.717, 1.165) is 12.0 Å². The average molecular weight is 346 g/mol. The van der Waals surface area contributed by atoms with Crippen molar-refractivity contribution in [2.24, 2.45) is 0 Å². The Morgan fingerprint density at radius 3 is 2.40 bits per heavy atom. The zero-order valence-corrected chi connectivity index (χ0v) is 14.8. The van der Waals surface area contributed by atoms with E-state index in [-0.39, 0.29) is 5.91 Å². The van der Waals surface area contributed by atoms with E-state index in [1.807, 2.05) is 30.3 Å². The predicted octanol–water partition coefficient (Wildman–Crippen LogP) is 1.75. The number of amides is 2. The molecule has 1 rings (SSSR count). The molecule has 0 aliphatic heterocycles. The van der Waals surface area contributed by atoms with Crippen LogP contribution in [0.3, 0.4) is 0 Å². The molecule has 2 N–H and O–H groups in total. The Morgan fingerprint density at radius 1 is 1.16 bits per heavy atom. The molecule has 1 aromatic carbocycles. The third-order valence-corrected chi connectivity index (χ3v) is 3.68. The summed E-state index contributed by atoms with van der Waals surface area (Å²) in [6.45, 7) is 4.99. The highest BCUT2D eigenvalue weighted by molar-refractivity contribution is 5.90. The molecule has 25 heavy (non-hydrogen) atoms. The topological polar surface area (TPSA) is 84.5 Å². The lowest BCUT2D eigenvalue weighted by atomic mass is 10.0. The first kappa shape index (κ1) is 20.4. The van der Waals surface area contributed by atoms with Crippen LogP contribution in [0.25, 0.3) is 0 Å². The summed E-state index contributed by atoms with van der Waals surface area (Å²) >= 11 is 0. The Morgan fingerprint density at radius 2 is 1.84 bits per heavy atom. The number of nitrogens with one attached hydrogen (secondary N) is 2. The largest absolute Gasteiger partial charge is 0.467 e. The number of unbranched alkanes of at least 4 members (excludes halogenated alkanes) is 1. The molecule has 0 aliphatic rings. The number of benzene rings is 1. The molecular formula is C19H26N2O4. The van der Waals surface area contributed by atoms with Crippen molar-refractivity contribution in [3.05, 3.63) is 48.6 Å². The number of esters is 1. The maximum atomic E-state index is 12.6. The van der Waals surface area contributed by atoms with Crippen molar-refractivity contribution in [1.29, 1.82) is 0 Å². The second kappa shape index (κ2) is 11.0. The van der Waals surface area contributed by atoms with E-state index >= 15 is 0 Å². The van der Waals surface area contributed by atoms with Crippen molar-refractivity contribution in [1.82, 2.24) is 10.6 Å². The van der Waals surface area contributed by atoms with Crippen LogP contribution in [-0.4, -0.2) is 37.0 Å². The zero-order valence-electron chi connectivity index (χ0n) is 14.8. The van der Waals surface area contributed by atoms with Crippen LogP contribution >= 0.6 is 0 Å². The molecule has 0 heterocycles. The van der Waals surface area contributed by atoms with Crippen LogP contribution in [0.1, 0.15) is 31.7 Å². The number of hydrogen-bond acceptors (Lipinski definition) is 4. The first-order valence-corrected chi connectivity index (χ1v) is 8.28. The Bertz CT molecular complexity index is 586. The molecule has 6 heteroatoms. The second-order valence-electron chi connectivity index (χ2n) is 5.75. The highest BCUT2D eigenvalue weighted by Crippen LogP contribution is 2.07. The monoisotopic (exact) mass is 346 g/mol. The molecule has 0 radical (unpaired) electrons. The minimum Gasteiger partial charge on any atom is -0.467 e. The van der Waals surface area contributed by atoms with Gasteiger partial charge in [0.1, 0.15) is 12.1 Å². The van der Waals surface area contributed by atoms with Crippen molar-refractivity contribution >= 4 is 17.8 Å². The van der Waals surface area contributed by atoms with Crippen LogP contribution in [0.15, 0.2) is 43.0 Å². The number of hydrogen-bond donors (Lipinski definition) is 2. The molecule has 1 aromatic rings. The minimum absolute atomic E-state index is 0.308. The lowest BCUT2D eigenvalue weighted by molar-refractivity contribution is -0.145. The fraction of sp³-hybridized carbons (Fsp3) is 0.421. The lowest BCUT2D eigenvalue weighted by Gasteiger charge is -2.22. The molecule has 0 saturated heterocycles. The van der Waals surface area contributed by atoms with E-state index in [4.69, 9.17) is 4.74 Å². The van der Waals surface area contributed by atoms with Crippen LogP contribution in [0.2, 0.25) is 0 Å². The van der Waals surface area contributed by atoms with Gasteiger partial charge in [-0.25, -0.2) is 4.79 Å². The summed E-state index contributed by atoms with van der Waals surface area (Å²) in [5.41, 5.74) is 0.915. The van der Waals surface area contributed by atoms with Gasteiger partial charge in [0.05, 0.1) is 7.11 Å². The number of ether oxygens (including phenoxy) is 1. The maximum Gasteiger partial charge on any atom is 0.328 e. The zero-order chi connectivity index (χ0) is 18.7. The van der Waals surface area contributed by atoms with E-state index in [2.05, 4.69) is 17.2 Å². The van der Waals surface area contributed by atoms with Crippen molar-refractivity contribution in [2.75, 3.05) is 7.11 Å². The molecule has 0 aromatic heterocycles. The molecule has 2 atom stereocenters.